The Morgan fingerprint density at radius 2 is 1.95 bits per heavy atom. The molecule has 0 saturated carbocycles. The Hall–Kier alpha value is -1.61. The molecule has 0 radical (unpaired) electrons. The van der Waals surface area contributed by atoms with E-state index in [0.717, 1.165) is 25.3 Å². The van der Waals surface area contributed by atoms with Crippen LogP contribution in [0.15, 0.2) is 36.9 Å². The third-order valence-electron chi connectivity index (χ3n) is 4.02. The molecular weight excluding hydrogens is 248 g/mol. The number of carbonyl (C=O) groups is 1. The van der Waals surface area contributed by atoms with Crippen LogP contribution in [0.2, 0.25) is 0 Å². The highest BCUT2D eigenvalue weighted by Gasteiger charge is 2.31. The van der Waals surface area contributed by atoms with Crippen molar-refractivity contribution in [1.29, 1.82) is 0 Å². The van der Waals surface area contributed by atoms with E-state index in [1.807, 2.05) is 17.9 Å². The van der Waals surface area contributed by atoms with Gasteiger partial charge in [-0.2, -0.15) is 0 Å². The van der Waals surface area contributed by atoms with Crippen LogP contribution in [0.3, 0.4) is 0 Å². The zero-order valence-electron chi connectivity index (χ0n) is 12.7. The van der Waals surface area contributed by atoms with E-state index in [1.54, 1.807) is 0 Å². The first kappa shape index (κ1) is 14.8. The third kappa shape index (κ3) is 2.93. The summed E-state index contributed by atoms with van der Waals surface area (Å²) >= 11 is 0. The average molecular weight is 272 g/mol. The molecule has 2 rings (SSSR count). The Morgan fingerprint density at radius 1 is 1.30 bits per heavy atom. The van der Waals surface area contributed by atoms with Crippen LogP contribution >= 0.6 is 0 Å². The second-order valence-corrected chi connectivity index (χ2v) is 5.70. The summed E-state index contributed by atoms with van der Waals surface area (Å²) in [5.41, 5.74) is 2.31. The van der Waals surface area contributed by atoms with Crippen LogP contribution in [-0.2, 0) is 4.79 Å². The lowest BCUT2D eigenvalue weighted by atomic mass is 10.0. The van der Waals surface area contributed by atoms with Gasteiger partial charge in [0, 0.05) is 25.3 Å². The molecule has 1 saturated heterocycles. The van der Waals surface area contributed by atoms with Gasteiger partial charge in [-0.15, -0.1) is 6.58 Å². The van der Waals surface area contributed by atoms with Crippen LogP contribution < -0.4 is 4.90 Å². The number of nitrogens with zero attached hydrogens (tertiary/aromatic N) is 2. The molecule has 108 valence electrons. The monoisotopic (exact) mass is 272 g/mol. The fraction of sp³-hybridized carbons (Fsp3) is 0.471. The smallest absolute Gasteiger partial charge is 0.244 e. The SMILES string of the molecule is C=CCN1CCN(c2ccc(C(C)C)cc2)C(=O)C1C. The Morgan fingerprint density at radius 3 is 2.50 bits per heavy atom. The number of amides is 1. The topological polar surface area (TPSA) is 23.6 Å². The quantitative estimate of drug-likeness (QED) is 0.787. The number of anilines is 1. The second kappa shape index (κ2) is 6.23. The third-order valence-corrected chi connectivity index (χ3v) is 4.02. The molecule has 3 nitrogen and oxygen atoms in total. The summed E-state index contributed by atoms with van der Waals surface area (Å²) in [4.78, 5) is 16.5. The standard InChI is InChI=1S/C17H24N2O/c1-5-10-18-11-12-19(17(20)14(18)4)16-8-6-15(7-9-16)13(2)3/h5-9,13-14H,1,10-12H2,2-4H3. The van der Waals surface area contributed by atoms with Gasteiger partial charge in [0.15, 0.2) is 0 Å². The van der Waals surface area contributed by atoms with E-state index in [2.05, 4.69) is 49.6 Å². The lowest BCUT2D eigenvalue weighted by Crippen LogP contribution is -2.55. The van der Waals surface area contributed by atoms with Gasteiger partial charge >= 0.3 is 0 Å². The van der Waals surface area contributed by atoms with E-state index >= 15 is 0 Å². The van der Waals surface area contributed by atoms with Crippen LogP contribution in [0, 0.1) is 0 Å². The predicted octanol–water partition coefficient (Wildman–Crippen LogP) is 3.03. The highest BCUT2D eigenvalue weighted by atomic mass is 16.2. The van der Waals surface area contributed by atoms with Crippen molar-refractivity contribution in [2.45, 2.75) is 32.7 Å². The van der Waals surface area contributed by atoms with E-state index in [1.165, 1.54) is 5.56 Å². The van der Waals surface area contributed by atoms with E-state index in [9.17, 15) is 4.79 Å². The lowest BCUT2D eigenvalue weighted by molar-refractivity contribution is -0.124. The van der Waals surface area contributed by atoms with E-state index in [0.29, 0.717) is 5.92 Å². The average Bonchev–Trinajstić information content (AvgIpc) is 2.44. The van der Waals surface area contributed by atoms with E-state index in [-0.39, 0.29) is 11.9 Å². The predicted molar refractivity (Wildman–Crippen MR) is 84.1 cm³/mol. The minimum absolute atomic E-state index is 0.0773. The molecular formula is C17H24N2O. The van der Waals surface area contributed by atoms with Crippen molar-refractivity contribution in [3.63, 3.8) is 0 Å². The van der Waals surface area contributed by atoms with Crippen molar-refractivity contribution < 1.29 is 4.79 Å². The number of benzene rings is 1. The lowest BCUT2D eigenvalue weighted by Gasteiger charge is -2.38. The highest BCUT2D eigenvalue weighted by Crippen LogP contribution is 2.23. The summed E-state index contributed by atoms with van der Waals surface area (Å²) in [6, 6.07) is 8.28. The summed E-state index contributed by atoms with van der Waals surface area (Å²) in [5, 5.41) is 0. The summed E-state index contributed by atoms with van der Waals surface area (Å²) in [5.74, 6) is 0.693. The first-order valence-electron chi connectivity index (χ1n) is 7.31. The van der Waals surface area contributed by atoms with Crippen molar-refractivity contribution in [3.05, 3.63) is 42.5 Å². The number of hydrogen-bond acceptors (Lipinski definition) is 2. The maximum Gasteiger partial charge on any atom is 0.244 e. The van der Waals surface area contributed by atoms with Gasteiger partial charge < -0.3 is 4.90 Å². The van der Waals surface area contributed by atoms with Gasteiger partial charge in [-0.3, -0.25) is 9.69 Å². The number of carbonyl (C=O) groups excluding carboxylic acids is 1. The maximum absolute atomic E-state index is 12.5. The normalized spacial score (nSPS) is 20.5. The van der Waals surface area contributed by atoms with Gasteiger partial charge in [-0.1, -0.05) is 32.1 Å². The van der Waals surface area contributed by atoms with Crippen molar-refractivity contribution >= 4 is 11.6 Å². The van der Waals surface area contributed by atoms with Gasteiger partial charge in [-0.25, -0.2) is 0 Å². The molecule has 1 aliphatic rings. The van der Waals surface area contributed by atoms with Crippen molar-refractivity contribution in [2.24, 2.45) is 0 Å². The zero-order valence-corrected chi connectivity index (χ0v) is 12.7. The molecule has 1 unspecified atom stereocenters. The molecule has 0 spiro atoms. The van der Waals surface area contributed by atoms with Crippen LogP contribution in [0.5, 0.6) is 0 Å². The fourth-order valence-corrected chi connectivity index (χ4v) is 2.62. The minimum Gasteiger partial charge on any atom is -0.310 e. The second-order valence-electron chi connectivity index (χ2n) is 5.70. The molecule has 1 aromatic carbocycles. The Kier molecular flexibility index (Phi) is 4.61. The largest absolute Gasteiger partial charge is 0.310 e. The highest BCUT2D eigenvalue weighted by molar-refractivity contribution is 5.97. The molecule has 1 amide bonds. The zero-order chi connectivity index (χ0) is 14.7. The first-order chi connectivity index (χ1) is 9.54. The molecule has 1 heterocycles. The molecule has 3 heteroatoms. The van der Waals surface area contributed by atoms with E-state index in [4.69, 9.17) is 0 Å². The Balaban J connectivity index is 2.13. The van der Waals surface area contributed by atoms with Crippen LogP contribution in [0.1, 0.15) is 32.3 Å². The van der Waals surface area contributed by atoms with E-state index < -0.39 is 0 Å². The Bertz CT molecular complexity index is 478. The minimum atomic E-state index is -0.0773. The van der Waals surface area contributed by atoms with Gasteiger partial charge in [0.2, 0.25) is 5.91 Å². The fourth-order valence-electron chi connectivity index (χ4n) is 2.62. The number of rotatable bonds is 4. The Labute approximate surface area is 121 Å². The van der Waals surface area contributed by atoms with Crippen molar-refractivity contribution in [2.75, 3.05) is 24.5 Å². The van der Waals surface area contributed by atoms with Crippen LogP contribution in [-0.4, -0.2) is 36.5 Å². The number of hydrogen-bond donors (Lipinski definition) is 0. The summed E-state index contributed by atoms with van der Waals surface area (Å²) < 4.78 is 0. The van der Waals surface area contributed by atoms with Crippen LogP contribution in [0.25, 0.3) is 0 Å². The molecule has 0 N–H and O–H groups in total. The molecule has 1 fully saturated rings. The molecule has 0 bridgehead atoms. The van der Waals surface area contributed by atoms with Crippen molar-refractivity contribution in [3.8, 4) is 0 Å². The molecule has 1 aromatic rings. The molecule has 0 aromatic heterocycles. The van der Waals surface area contributed by atoms with Gasteiger partial charge in [0.05, 0.1) is 6.04 Å². The number of piperazine rings is 1. The summed E-state index contributed by atoms with van der Waals surface area (Å²) in [6.07, 6.45) is 1.86. The molecule has 1 atom stereocenters. The van der Waals surface area contributed by atoms with Gasteiger partial charge in [0.1, 0.15) is 0 Å². The molecule has 20 heavy (non-hydrogen) atoms. The van der Waals surface area contributed by atoms with Crippen LogP contribution in [0.4, 0.5) is 5.69 Å². The van der Waals surface area contributed by atoms with Gasteiger partial charge in [0.25, 0.3) is 0 Å². The maximum atomic E-state index is 12.5. The molecule has 0 aliphatic carbocycles. The van der Waals surface area contributed by atoms with Gasteiger partial charge in [-0.05, 0) is 30.5 Å². The molecule has 1 aliphatic heterocycles. The summed E-state index contributed by atoms with van der Waals surface area (Å²) in [7, 11) is 0. The first-order valence-corrected chi connectivity index (χ1v) is 7.31. The summed E-state index contributed by atoms with van der Waals surface area (Å²) in [6.45, 7) is 12.5. The van der Waals surface area contributed by atoms with Crippen molar-refractivity contribution in [1.82, 2.24) is 4.90 Å².